The number of hydrogen-bond donors (Lipinski definition) is 3. The summed E-state index contributed by atoms with van der Waals surface area (Å²) < 4.78 is 0. The van der Waals surface area contributed by atoms with Crippen LogP contribution in [0.1, 0.15) is 16.9 Å². The fourth-order valence-corrected chi connectivity index (χ4v) is 2.20. The molecule has 20 heavy (non-hydrogen) atoms. The van der Waals surface area contributed by atoms with Crippen molar-refractivity contribution in [1.82, 2.24) is 15.2 Å². The predicted octanol–water partition coefficient (Wildman–Crippen LogP) is 0.853. The average Bonchev–Trinajstić information content (AvgIpc) is 2.83. The second-order valence-corrected chi connectivity index (χ2v) is 4.99. The van der Waals surface area contributed by atoms with Crippen molar-refractivity contribution in [2.45, 2.75) is 6.42 Å². The first kappa shape index (κ1) is 14.3. The molecule has 2 heterocycles. The van der Waals surface area contributed by atoms with Crippen molar-refractivity contribution in [3.8, 4) is 0 Å². The van der Waals surface area contributed by atoms with Crippen LogP contribution in [0.3, 0.4) is 0 Å². The minimum absolute atomic E-state index is 0.0510. The zero-order valence-corrected chi connectivity index (χ0v) is 11.3. The lowest BCUT2D eigenvalue weighted by Gasteiger charge is -2.12. The van der Waals surface area contributed by atoms with Gasteiger partial charge < -0.3 is 20.6 Å². The van der Waals surface area contributed by atoms with E-state index in [-0.39, 0.29) is 11.7 Å². The van der Waals surface area contributed by atoms with Gasteiger partial charge in [-0.15, -0.1) is 0 Å². The Balaban J connectivity index is 1.77. The molecule has 0 radical (unpaired) electrons. The Kier molecular flexibility index (Phi) is 4.52. The normalized spacial score (nSPS) is 18.8. The Bertz CT molecular complexity index is 489. The molecule has 1 aromatic rings. The summed E-state index contributed by atoms with van der Waals surface area (Å²) in [4.78, 5) is 28.3. The van der Waals surface area contributed by atoms with Crippen LogP contribution in [0.5, 0.6) is 0 Å². The van der Waals surface area contributed by atoms with E-state index in [1.54, 1.807) is 0 Å². The predicted molar refractivity (Wildman–Crippen MR) is 73.8 cm³/mol. The van der Waals surface area contributed by atoms with Gasteiger partial charge >= 0.3 is 12.0 Å². The van der Waals surface area contributed by atoms with E-state index in [4.69, 9.17) is 5.11 Å². The highest BCUT2D eigenvalue weighted by Crippen LogP contribution is 2.13. The third-order valence-electron chi connectivity index (χ3n) is 3.28. The number of anilines is 1. The zero-order chi connectivity index (χ0) is 14.5. The van der Waals surface area contributed by atoms with Crippen molar-refractivity contribution in [2.75, 3.05) is 32.0 Å². The van der Waals surface area contributed by atoms with Crippen LogP contribution in [0.4, 0.5) is 10.5 Å². The second-order valence-electron chi connectivity index (χ2n) is 4.99. The molecule has 7 nitrogen and oxygen atoms in total. The number of aromatic nitrogens is 1. The van der Waals surface area contributed by atoms with Gasteiger partial charge in [-0.05, 0) is 38.1 Å². The quantitative estimate of drug-likeness (QED) is 0.759. The molecule has 0 spiro atoms. The highest BCUT2D eigenvalue weighted by atomic mass is 16.4. The van der Waals surface area contributed by atoms with Crippen LogP contribution < -0.4 is 10.6 Å². The minimum atomic E-state index is -1.09. The van der Waals surface area contributed by atoms with Crippen LogP contribution in [-0.2, 0) is 0 Å². The highest BCUT2D eigenvalue weighted by Gasteiger charge is 2.19. The van der Waals surface area contributed by atoms with Crippen molar-refractivity contribution in [2.24, 2.45) is 5.92 Å². The van der Waals surface area contributed by atoms with E-state index in [1.807, 2.05) is 0 Å². The van der Waals surface area contributed by atoms with Crippen molar-refractivity contribution in [3.05, 3.63) is 24.0 Å². The monoisotopic (exact) mass is 278 g/mol. The molecule has 1 fully saturated rings. The number of hydrogen-bond acceptors (Lipinski definition) is 4. The van der Waals surface area contributed by atoms with Gasteiger partial charge in [0.2, 0.25) is 0 Å². The van der Waals surface area contributed by atoms with Crippen molar-refractivity contribution in [3.63, 3.8) is 0 Å². The van der Waals surface area contributed by atoms with Crippen LogP contribution in [0, 0.1) is 5.92 Å². The standard InChI is InChI=1S/C13H18N4O3/c1-17-5-4-9(8-17)6-15-13(20)16-10-2-3-11(12(18)19)14-7-10/h2-3,7,9H,4-6,8H2,1H3,(H,18,19)(H2,15,16,20). The van der Waals surface area contributed by atoms with E-state index in [9.17, 15) is 9.59 Å². The molecule has 1 atom stereocenters. The van der Waals surface area contributed by atoms with Gasteiger partial charge in [0.15, 0.2) is 0 Å². The number of nitrogens with one attached hydrogen (secondary N) is 2. The minimum Gasteiger partial charge on any atom is -0.477 e. The van der Waals surface area contributed by atoms with E-state index in [1.165, 1.54) is 18.3 Å². The summed E-state index contributed by atoms with van der Waals surface area (Å²) in [6.45, 7) is 2.69. The maximum Gasteiger partial charge on any atom is 0.354 e. The summed E-state index contributed by atoms with van der Waals surface area (Å²) in [6.07, 6.45) is 2.41. The van der Waals surface area contributed by atoms with Gasteiger partial charge in [-0.25, -0.2) is 14.6 Å². The van der Waals surface area contributed by atoms with Gasteiger partial charge in [-0.1, -0.05) is 0 Å². The molecule has 1 aromatic heterocycles. The van der Waals surface area contributed by atoms with Crippen LogP contribution >= 0.6 is 0 Å². The first-order valence-electron chi connectivity index (χ1n) is 6.47. The Morgan fingerprint density at radius 1 is 1.50 bits per heavy atom. The van der Waals surface area contributed by atoms with Gasteiger partial charge in [0.25, 0.3) is 0 Å². The average molecular weight is 278 g/mol. The second kappa shape index (κ2) is 6.33. The Labute approximate surface area is 117 Å². The number of aromatic carboxylic acids is 1. The molecule has 0 bridgehead atoms. The third kappa shape index (κ3) is 3.92. The summed E-state index contributed by atoms with van der Waals surface area (Å²) in [5.41, 5.74) is 0.418. The van der Waals surface area contributed by atoms with E-state index < -0.39 is 5.97 Å². The molecular formula is C13H18N4O3. The van der Waals surface area contributed by atoms with Crippen molar-refractivity contribution >= 4 is 17.7 Å². The summed E-state index contributed by atoms with van der Waals surface area (Å²) in [7, 11) is 2.07. The van der Waals surface area contributed by atoms with Gasteiger partial charge in [-0.2, -0.15) is 0 Å². The molecule has 7 heteroatoms. The van der Waals surface area contributed by atoms with Gasteiger partial charge in [0, 0.05) is 13.1 Å². The van der Waals surface area contributed by atoms with Crippen molar-refractivity contribution < 1.29 is 14.7 Å². The molecule has 1 unspecified atom stereocenters. The number of urea groups is 1. The molecule has 0 aliphatic carbocycles. The van der Waals surface area contributed by atoms with Crippen molar-refractivity contribution in [1.29, 1.82) is 0 Å². The summed E-state index contributed by atoms with van der Waals surface area (Å²) >= 11 is 0. The lowest BCUT2D eigenvalue weighted by atomic mass is 10.1. The number of rotatable bonds is 4. The van der Waals surface area contributed by atoms with Crippen LogP contribution in [0.2, 0.25) is 0 Å². The Morgan fingerprint density at radius 2 is 2.30 bits per heavy atom. The van der Waals surface area contributed by atoms with E-state index in [0.717, 1.165) is 19.5 Å². The number of carboxylic acids is 1. The van der Waals surface area contributed by atoms with Crippen LogP contribution in [0.25, 0.3) is 0 Å². The molecule has 2 amide bonds. The van der Waals surface area contributed by atoms with Gasteiger partial charge in [-0.3, -0.25) is 0 Å². The molecule has 1 aliphatic rings. The number of likely N-dealkylation sites (tertiary alicyclic amines) is 1. The first-order valence-corrected chi connectivity index (χ1v) is 6.47. The summed E-state index contributed by atoms with van der Waals surface area (Å²) in [6, 6.07) is 2.56. The first-order chi connectivity index (χ1) is 9.54. The molecular weight excluding hydrogens is 260 g/mol. The smallest absolute Gasteiger partial charge is 0.354 e. The number of carbonyl (C=O) groups excluding carboxylic acids is 1. The highest BCUT2D eigenvalue weighted by molar-refractivity contribution is 5.90. The molecule has 1 saturated heterocycles. The van der Waals surface area contributed by atoms with Crippen LogP contribution in [-0.4, -0.2) is 53.7 Å². The molecule has 0 aromatic carbocycles. The topological polar surface area (TPSA) is 94.6 Å². The molecule has 2 rings (SSSR count). The van der Waals surface area contributed by atoms with Gasteiger partial charge in [0.1, 0.15) is 5.69 Å². The fraction of sp³-hybridized carbons (Fsp3) is 0.462. The summed E-state index contributed by atoms with van der Waals surface area (Å²) in [5.74, 6) is -0.607. The van der Waals surface area contributed by atoms with Crippen LogP contribution in [0.15, 0.2) is 18.3 Å². The third-order valence-corrected chi connectivity index (χ3v) is 3.28. The molecule has 108 valence electrons. The number of carbonyl (C=O) groups is 2. The Morgan fingerprint density at radius 3 is 2.85 bits per heavy atom. The summed E-state index contributed by atoms with van der Waals surface area (Å²) in [5, 5.41) is 14.2. The molecule has 1 aliphatic heterocycles. The Hall–Kier alpha value is -2.15. The van der Waals surface area contributed by atoms with E-state index >= 15 is 0 Å². The maximum absolute atomic E-state index is 11.7. The van der Waals surface area contributed by atoms with Gasteiger partial charge in [0.05, 0.1) is 11.9 Å². The van der Waals surface area contributed by atoms with E-state index in [0.29, 0.717) is 18.2 Å². The lowest BCUT2D eigenvalue weighted by molar-refractivity contribution is 0.0690. The SMILES string of the molecule is CN1CCC(CNC(=O)Nc2ccc(C(=O)O)nc2)C1. The zero-order valence-electron chi connectivity index (χ0n) is 11.3. The number of carboxylic acid groups (broad SMARTS) is 1. The maximum atomic E-state index is 11.7. The lowest BCUT2D eigenvalue weighted by Crippen LogP contribution is -2.33. The number of pyridine rings is 1. The number of amides is 2. The fourth-order valence-electron chi connectivity index (χ4n) is 2.20. The molecule has 3 N–H and O–H groups in total. The number of nitrogens with zero attached hydrogens (tertiary/aromatic N) is 2. The molecule has 0 saturated carbocycles. The van der Waals surface area contributed by atoms with E-state index in [2.05, 4.69) is 27.6 Å². The largest absolute Gasteiger partial charge is 0.477 e.